The summed E-state index contributed by atoms with van der Waals surface area (Å²) in [6, 6.07) is 7.32. The van der Waals surface area contributed by atoms with Crippen LogP contribution in [0.4, 0.5) is 0 Å². The quantitative estimate of drug-likeness (QED) is 0.606. The third kappa shape index (κ3) is 5.11. The second-order valence-electron chi connectivity index (χ2n) is 6.23. The number of phenolic OH excluding ortho intramolecular Hbond substituents is 1. The lowest BCUT2D eigenvalue weighted by Crippen LogP contribution is -2.33. The van der Waals surface area contributed by atoms with Gasteiger partial charge in [0.2, 0.25) is 0 Å². The van der Waals surface area contributed by atoms with Crippen LogP contribution in [0.2, 0.25) is 0 Å². The monoisotopic (exact) mass is 377 g/mol. The minimum atomic E-state index is 0.274. The molecule has 5 heteroatoms. The molecule has 4 nitrogen and oxygen atoms in total. The maximum absolute atomic E-state index is 9.55. The third-order valence-electron chi connectivity index (χ3n) is 4.16. The van der Waals surface area contributed by atoms with Crippen LogP contribution in [0.3, 0.4) is 0 Å². The normalized spacial score (nSPS) is 20.3. The highest BCUT2D eigenvalue weighted by molar-refractivity contribution is 8.06. The standard InChI is InChI=1S/C22H23N3OS/c1-23-16-24-22-19(15-27-21-7-5-3-4-6-8-21)13-18(14-25(22)2)17-9-11-20(26)12-10-17/h3,5-13,15-16,26H,4,14H2,1-2H3/b19-15+,23-16?,24-22?. The summed E-state index contributed by atoms with van der Waals surface area (Å²) in [5.41, 5.74) is 3.32. The number of nitrogens with zero attached hydrogens (tertiary/aromatic N) is 3. The van der Waals surface area contributed by atoms with Crippen molar-refractivity contribution in [2.45, 2.75) is 6.42 Å². The third-order valence-corrected chi connectivity index (χ3v) is 5.08. The summed E-state index contributed by atoms with van der Waals surface area (Å²) < 4.78 is 0. The van der Waals surface area contributed by atoms with Gasteiger partial charge in [-0.05, 0) is 47.3 Å². The highest BCUT2D eigenvalue weighted by Gasteiger charge is 2.20. The van der Waals surface area contributed by atoms with Crippen LogP contribution in [0.5, 0.6) is 5.75 Å². The van der Waals surface area contributed by atoms with Gasteiger partial charge in [-0.15, -0.1) is 0 Å². The fraction of sp³-hybridized carbons (Fsp3) is 0.182. The zero-order valence-electron chi connectivity index (χ0n) is 15.5. The van der Waals surface area contributed by atoms with Gasteiger partial charge in [0.15, 0.2) is 0 Å². The van der Waals surface area contributed by atoms with E-state index >= 15 is 0 Å². The van der Waals surface area contributed by atoms with Gasteiger partial charge in [0.05, 0.1) is 0 Å². The SMILES string of the molecule is CN=CN=C1/C(=C/SC2=CC=CCC=C2)C=C(c2ccc(O)cc2)CN1C. The number of benzene rings is 1. The molecule has 0 unspecified atom stereocenters. The number of aromatic hydroxyl groups is 1. The fourth-order valence-electron chi connectivity index (χ4n) is 2.84. The highest BCUT2D eigenvalue weighted by atomic mass is 32.2. The van der Waals surface area contributed by atoms with E-state index in [0.29, 0.717) is 0 Å². The number of thioether (sulfide) groups is 1. The van der Waals surface area contributed by atoms with E-state index < -0.39 is 0 Å². The van der Waals surface area contributed by atoms with Crippen molar-refractivity contribution in [3.05, 3.63) is 82.2 Å². The molecule has 2 aliphatic rings. The number of likely N-dealkylation sites (N-methyl/N-ethyl adjacent to an activating group) is 1. The van der Waals surface area contributed by atoms with E-state index in [1.165, 1.54) is 10.5 Å². The van der Waals surface area contributed by atoms with E-state index in [1.54, 1.807) is 37.3 Å². The van der Waals surface area contributed by atoms with Crippen molar-refractivity contribution in [1.82, 2.24) is 4.90 Å². The van der Waals surface area contributed by atoms with Gasteiger partial charge in [-0.1, -0.05) is 48.2 Å². The molecule has 1 aliphatic heterocycles. The van der Waals surface area contributed by atoms with E-state index in [1.807, 2.05) is 19.2 Å². The molecule has 1 N–H and O–H groups in total. The number of amidine groups is 1. The van der Waals surface area contributed by atoms with Crippen molar-refractivity contribution >= 4 is 29.5 Å². The Morgan fingerprint density at radius 1 is 1.19 bits per heavy atom. The summed E-state index contributed by atoms with van der Waals surface area (Å²) in [6.07, 6.45) is 15.4. The van der Waals surface area contributed by atoms with Gasteiger partial charge in [0.25, 0.3) is 0 Å². The predicted molar refractivity (Wildman–Crippen MR) is 117 cm³/mol. The molecule has 0 saturated carbocycles. The first-order valence-corrected chi connectivity index (χ1v) is 9.65. The topological polar surface area (TPSA) is 48.2 Å². The largest absolute Gasteiger partial charge is 0.508 e. The van der Waals surface area contributed by atoms with Crippen LogP contribution in [0, 0.1) is 0 Å². The van der Waals surface area contributed by atoms with Gasteiger partial charge >= 0.3 is 0 Å². The summed E-state index contributed by atoms with van der Waals surface area (Å²) in [5.74, 6) is 1.17. The maximum atomic E-state index is 9.55. The zero-order valence-corrected chi connectivity index (χ0v) is 16.4. The first-order chi connectivity index (χ1) is 13.2. The lowest BCUT2D eigenvalue weighted by Gasteiger charge is -2.28. The van der Waals surface area contributed by atoms with Gasteiger partial charge in [-0.2, -0.15) is 0 Å². The van der Waals surface area contributed by atoms with Crippen LogP contribution in [-0.2, 0) is 0 Å². The van der Waals surface area contributed by atoms with Crippen molar-refractivity contribution in [3.8, 4) is 5.75 Å². The van der Waals surface area contributed by atoms with E-state index in [0.717, 1.165) is 29.9 Å². The van der Waals surface area contributed by atoms with Gasteiger partial charge in [-0.3, -0.25) is 4.99 Å². The molecule has 0 bridgehead atoms. The predicted octanol–water partition coefficient (Wildman–Crippen LogP) is 4.79. The van der Waals surface area contributed by atoms with Crippen LogP contribution in [0.15, 0.2) is 86.6 Å². The second kappa shape index (κ2) is 9.24. The zero-order chi connectivity index (χ0) is 19.1. The van der Waals surface area contributed by atoms with Crippen molar-refractivity contribution < 1.29 is 5.11 Å². The molecule has 1 aromatic rings. The number of allylic oxidation sites excluding steroid dienone is 5. The molecule has 3 rings (SSSR count). The van der Waals surface area contributed by atoms with E-state index in [-0.39, 0.29) is 5.75 Å². The first-order valence-electron chi connectivity index (χ1n) is 8.77. The van der Waals surface area contributed by atoms with Gasteiger partial charge in [0.1, 0.15) is 17.9 Å². The van der Waals surface area contributed by atoms with Crippen molar-refractivity contribution in [1.29, 1.82) is 0 Å². The van der Waals surface area contributed by atoms with Crippen LogP contribution in [0.1, 0.15) is 12.0 Å². The van der Waals surface area contributed by atoms with E-state index in [9.17, 15) is 5.11 Å². The summed E-state index contributed by atoms with van der Waals surface area (Å²) in [7, 11) is 3.75. The smallest absolute Gasteiger partial charge is 0.138 e. The lowest BCUT2D eigenvalue weighted by atomic mass is 9.98. The van der Waals surface area contributed by atoms with E-state index in [2.05, 4.69) is 56.7 Å². The number of hydrogen-bond acceptors (Lipinski definition) is 3. The average Bonchev–Trinajstić information content (AvgIpc) is 2.95. The number of phenols is 1. The molecule has 0 aromatic heterocycles. The summed E-state index contributed by atoms with van der Waals surface area (Å²) in [5, 5.41) is 11.7. The Balaban J connectivity index is 1.96. The number of rotatable bonds is 4. The Morgan fingerprint density at radius 3 is 2.78 bits per heavy atom. The fourth-order valence-corrected chi connectivity index (χ4v) is 3.61. The van der Waals surface area contributed by atoms with Crippen LogP contribution >= 0.6 is 11.8 Å². The van der Waals surface area contributed by atoms with Gasteiger partial charge in [0, 0.05) is 31.1 Å². The molecule has 1 heterocycles. The molecule has 0 fully saturated rings. The highest BCUT2D eigenvalue weighted by Crippen LogP contribution is 2.29. The van der Waals surface area contributed by atoms with Crippen molar-refractivity contribution in [2.75, 3.05) is 20.6 Å². The molecule has 1 aliphatic carbocycles. The van der Waals surface area contributed by atoms with Crippen LogP contribution in [0.25, 0.3) is 5.57 Å². The minimum absolute atomic E-state index is 0.274. The second-order valence-corrected chi connectivity index (χ2v) is 7.17. The Labute approximate surface area is 164 Å². The van der Waals surface area contributed by atoms with Crippen molar-refractivity contribution in [3.63, 3.8) is 0 Å². The molecular weight excluding hydrogens is 354 g/mol. The first kappa shape index (κ1) is 19.0. The summed E-state index contributed by atoms with van der Waals surface area (Å²) >= 11 is 1.68. The molecule has 27 heavy (non-hydrogen) atoms. The molecule has 0 spiro atoms. The van der Waals surface area contributed by atoms with Gasteiger partial charge < -0.3 is 10.0 Å². The molecule has 0 radical (unpaired) electrons. The minimum Gasteiger partial charge on any atom is -0.508 e. The molecule has 1 aromatic carbocycles. The van der Waals surface area contributed by atoms with Crippen LogP contribution < -0.4 is 0 Å². The van der Waals surface area contributed by atoms with E-state index in [4.69, 9.17) is 0 Å². The summed E-state index contributed by atoms with van der Waals surface area (Å²) in [4.78, 5) is 11.8. The number of aliphatic imine (C=N–C) groups is 2. The average molecular weight is 378 g/mol. The summed E-state index contributed by atoms with van der Waals surface area (Å²) in [6.45, 7) is 0.745. The molecular formula is C22H23N3OS. The Hall–Kier alpha value is -2.79. The Kier molecular flexibility index (Phi) is 6.49. The van der Waals surface area contributed by atoms with Crippen molar-refractivity contribution in [2.24, 2.45) is 9.98 Å². The van der Waals surface area contributed by atoms with Gasteiger partial charge in [-0.25, -0.2) is 4.99 Å². The molecule has 0 saturated heterocycles. The van der Waals surface area contributed by atoms with Crippen LogP contribution in [-0.4, -0.2) is 42.8 Å². The maximum Gasteiger partial charge on any atom is 0.138 e. The molecule has 0 amide bonds. The molecule has 0 atom stereocenters. The number of hydrogen-bond donors (Lipinski definition) is 1. The Morgan fingerprint density at radius 2 is 2.00 bits per heavy atom. The Bertz CT molecular complexity index is 887. The lowest BCUT2D eigenvalue weighted by molar-refractivity contribution is 0.475. The molecule has 138 valence electrons.